The number of amides is 1. The largest absolute Gasteiger partial charge is 0.480 e. The first-order chi connectivity index (χ1) is 11.2. The highest BCUT2D eigenvalue weighted by Crippen LogP contribution is 2.32. The summed E-state index contributed by atoms with van der Waals surface area (Å²) in [7, 11) is 0. The van der Waals surface area contributed by atoms with Gasteiger partial charge in [0.15, 0.2) is 0 Å². The molecule has 1 rings (SSSR count). The van der Waals surface area contributed by atoms with E-state index in [2.05, 4.69) is 5.32 Å². The average molecular weight is 343 g/mol. The van der Waals surface area contributed by atoms with Gasteiger partial charge in [-0.2, -0.15) is 0 Å². The molecular formula is C17H29NO6. The molecule has 1 amide bonds. The molecule has 2 atom stereocenters. The summed E-state index contributed by atoms with van der Waals surface area (Å²) in [6.07, 6.45) is 2.73. The zero-order valence-electron chi connectivity index (χ0n) is 15.0. The van der Waals surface area contributed by atoms with Gasteiger partial charge in [0.05, 0.1) is 0 Å². The summed E-state index contributed by atoms with van der Waals surface area (Å²) in [6.45, 7) is 6.62. The van der Waals surface area contributed by atoms with Gasteiger partial charge in [-0.3, -0.25) is 4.79 Å². The molecule has 0 aromatic carbocycles. The van der Waals surface area contributed by atoms with Crippen molar-refractivity contribution in [2.75, 3.05) is 0 Å². The molecule has 0 unspecified atom stereocenters. The maximum absolute atomic E-state index is 12.1. The Labute approximate surface area is 143 Å². The molecular weight excluding hydrogens is 314 g/mol. The molecule has 7 heteroatoms. The van der Waals surface area contributed by atoms with E-state index in [1.165, 1.54) is 6.92 Å². The molecule has 0 saturated heterocycles. The van der Waals surface area contributed by atoms with Crippen LogP contribution < -0.4 is 5.32 Å². The lowest BCUT2D eigenvalue weighted by Gasteiger charge is -2.30. The number of alkyl carbamates (subject to hydrolysis) is 1. The van der Waals surface area contributed by atoms with Crippen LogP contribution in [-0.2, 0) is 19.1 Å². The molecule has 0 radical (unpaired) electrons. The zero-order valence-corrected chi connectivity index (χ0v) is 15.0. The molecule has 7 nitrogen and oxygen atoms in total. The molecule has 0 heterocycles. The molecule has 0 aromatic rings. The second-order valence-electron chi connectivity index (χ2n) is 6.98. The van der Waals surface area contributed by atoms with Gasteiger partial charge in [-0.1, -0.05) is 46.5 Å². The fourth-order valence-corrected chi connectivity index (χ4v) is 2.85. The van der Waals surface area contributed by atoms with E-state index in [1.54, 1.807) is 20.8 Å². The lowest BCUT2D eigenvalue weighted by atomic mass is 9.88. The number of nitrogens with one attached hydrogen (secondary N) is 1. The molecule has 1 aliphatic carbocycles. The molecule has 2 N–H and O–H groups in total. The highest BCUT2D eigenvalue weighted by Gasteiger charge is 2.39. The number of carboxylic acid groups (broad SMARTS) is 1. The molecule has 24 heavy (non-hydrogen) atoms. The minimum Gasteiger partial charge on any atom is -0.480 e. The van der Waals surface area contributed by atoms with Gasteiger partial charge in [0, 0.05) is 12.3 Å². The number of carboxylic acids is 1. The van der Waals surface area contributed by atoms with Gasteiger partial charge < -0.3 is 19.9 Å². The van der Waals surface area contributed by atoms with Crippen LogP contribution in [0.2, 0.25) is 0 Å². The average Bonchev–Trinajstić information content (AvgIpc) is 2.98. The van der Waals surface area contributed by atoms with Crippen molar-refractivity contribution in [2.45, 2.75) is 78.0 Å². The molecule has 0 aliphatic heterocycles. The summed E-state index contributed by atoms with van der Waals surface area (Å²) in [4.78, 5) is 35.2. The number of ether oxygens (including phenoxy) is 2. The van der Waals surface area contributed by atoms with Crippen LogP contribution >= 0.6 is 0 Å². The number of rotatable bonds is 8. The van der Waals surface area contributed by atoms with Crippen molar-refractivity contribution in [3.05, 3.63) is 0 Å². The second kappa shape index (κ2) is 8.89. The van der Waals surface area contributed by atoms with Crippen LogP contribution in [0.15, 0.2) is 0 Å². The lowest BCUT2D eigenvalue weighted by molar-refractivity contribution is -0.175. The summed E-state index contributed by atoms with van der Waals surface area (Å²) in [5, 5.41) is 12.0. The standard InChI is InChI=1S/C17H29NO6/c1-5-13(19)23-14(11(2)3)24-16(22)18-17(4,15(20)21)10-12-8-6-7-9-12/h11-12,14H,5-10H2,1-4H3,(H,18,22)(H,20,21)/t14-,17+/m1/s1. The first-order valence-corrected chi connectivity index (χ1v) is 8.59. The van der Waals surface area contributed by atoms with Gasteiger partial charge in [0.2, 0.25) is 0 Å². The van der Waals surface area contributed by atoms with E-state index in [1.807, 2.05) is 0 Å². The smallest absolute Gasteiger partial charge is 0.411 e. The third kappa shape index (κ3) is 6.02. The summed E-state index contributed by atoms with van der Waals surface area (Å²) in [6, 6.07) is 0. The zero-order chi connectivity index (χ0) is 18.3. The lowest BCUT2D eigenvalue weighted by Crippen LogP contribution is -2.54. The van der Waals surface area contributed by atoms with Crippen molar-refractivity contribution in [3.8, 4) is 0 Å². The van der Waals surface area contributed by atoms with Crippen molar-refractivity contribution in [1.82, 2.24) is 5.32 Å². The number of aliphatic carboxylic acids is 1. The van der Waals surface area contributed by atoms with Gasteiger partial charge in [-0.05, 0) is 19.3 Å². The van der Waals surface area contributed by atoms with E-state index >= 15 is 0 Å². The molecule has 1 aliphatic rings. The first-order valence-electron chi connectivity index (χ1n) is 8.59. The van der Waals surface area contributed by atoms with Gasteiger partial charge in [0.1, 0.15) is 5.54 Å². The number of hydrogen-bond acceptors (Lipinski definition) is 5. The minimum atomic E-state index is -1.40. The first kappa shape index (κ1) is 20.3. The number of esters is 1. The van der Waals surface area contributed by atoms with Gasteiger partial charge in [0.25, 0.3) is 6.29 Å². The van der Waals surface area contributed by atoms with E-state index in [9.17, 15) is 19.5 Å². The van der Waals surface area contributed by atoms with E-state index in [-0.39, 0.29) is 18.3 Å². The van der Waals surface area contributed by atoms with Crippen molar-refractivity contribution >= 4 is 18.0 Å². The Balaban J connectivity index is 2.68. The highest BCUT2D eigenvalue weighted by atomic mass is 16.7. The summed E-state index contributed by atoms with van der Waals surface area (Å²) in [5.41, 5.74) is -1.40. The van der Waals surface area contributed by atoms with Crippen molar-refractivity contribution in [2.24, 2.45) is 11.8 Å². The summed E-state index contributed by atoms with van der Waals surface area (Å²) in [5.74, 6) is -1.53. The highest BCUT2D eigenvalue weighted by molar-refractivity contribution is 5.84. The SMILES string of the molecule is CCC(=O)O[C@H](OC(=O)N[C@@](C)(CC1CCCC1)C(=O)O)C(C)C. The Morgan fingerprint density at radius 2 is 1.79 bits per heavy atom. The Morgan fingerprint density at radius 3 is 2.25 bits per heavy atom. The Kier molecular flexibility index (Phi) is 7.51. The third-order valence-electron chi connectivity index (χ3n) is 4.33. The van der Waals surface area contributed by atoms with Crippen LogP contribution in [-0.4, -0.2) is 35.0 Å². The number of hydrogen-bond donors (Lipinski definition) is 2. The van der Waals surface area contributed by atoms with Crippen LogP contribution in [0, 0.1) is 11.8 Å². The third-order valence-corrected chi connectivity index (χ3v) is 4.33. The molecule has 1 saturated carbocycles. The molecule has 0 spiro atoms. The van der Waals surface area contributed by atoms with Crippen LogP contribution in [0.5, 0.6) is 0 Å². The predicted molar refractivity (Wildman–Crippen MR) is 87.2 cm³/mol. The van der Waals surface area contributed by atoms with Crippen molar-refractivity contribution in [1.29, 1.82) is 0 Å². The van der Waals surface area contributed by atoms with Crippen molar-refractivity contribution < 1.29 is 29.0 Å². The Hall–Kier alpha value is -1.79. The summed E-state index contributed by atoms with van der Waals surface area (Å²) < 4.78 is 10.2. The fraction of sp³-hybridized carbons (Fsp3) is 0.824. The number of carbonyl (C=O) groups excluding carboxylic acids is 2. The topological polar surface area (TPSA) is 102 Å². The number of carbonyl (C=O) groups is 3. The Morgan fingerprint density at radius 1 is 1.21 bits per heavy atom. The second-order valence-corrected chi connectivity index (χ2v) is 6.98. The molecule has 1 fully saturated rings. The molecule has 138 valence electrons. The molecule has 0 bridgehead atoms. The van der Waals surface area contributed by atoms with Crippen LogP contribution in [0.3, 0.4) is 0 Å². The normalized spacial score (nSPS) is 18.7. The maximum Gasteiger partial charge on any atom is 0.411 e. The quantitative estimate of drug-likeness (QED) is 0.519. The van der Waals surface area contributed by atoms with E-state index in [0.717, 1.165) is 25.7 Å². The van der Waals surface area contributed by atoms with Crippen LogP contribution in [0.4, 0.5) is 4.79 Å². The van der Waals surface area contributed by atoms with Gasteiger partial charge in [-0.25, -0.2) is 9.59 Å². The van der Waals surface area contributed by atoms with E-state index in [4.69, 9.17) is 9.47 Å². The predicted octanol–water partition coefficient (Wildman–Crippen LogP) is 3.07. The minimum absolute atomic E-state index is 0.169. The monoisotopic (exact) mass is 343 g/mol. The maximum atomic E-state index is 12.1. The van der Waals surface area contributed by atoms with E-state index in [0.29, 0.717) is 6.42 Å². The van der Waals surface area contributed by atoms with Gasteiger partial charge in [-0.15, -0.1) is 0 Å². The van der Waals surface area contributed by atoms with Crippen LogP contribution in [0.1, 0.15) is 66.2 Å². The van der Waals surface area contributed by atoms with Crippen molar-refractivity contribution in [3.63, 3.8) is 0 Å². The van der Waals surface area contributed by atoms with E-state index < -0.39 is 29.9 Å². The Bertz CT molecular complexity index is 458. The fourth-order valence-electron chi connectivity index (χ4n) is 2.85. The summed E-state index contributed by atoms with van der Waals surface area (Å²) >= 11 is 0. The van der Waals surface area contributed by atoms with Gasteiger partial charge >= 0.3 is 18.0 Å². The molecule has 0 aromatic heterocycles. The van der Waals surface area contributed by atoms with Crippen LogP contribution in [0.25, 0.3) is 0 Å².